The summed E-state index contributed by atoms with van der Waals surface area (Å²) in [5, 5.41) is 9.45. The van der Waals surface area contributed by atoms with E-state index in [4.69, 9.17) is 0 Å². The summed E-state index contributed by atoms with van der Waals surface area (Å²) < 4.78 is 66.5. The second-order valence-electron chi connectivity index (χ2n) is 9.12. The third kappa shape index (κ3) is 6.27. The Bertz CT molecular complexity index is 1770. The molecular formula is C29H23F3N2O3S2. The number of alkyl halides is 3. The van der Waals surface area contributed by atoms with Gasteiger partial charge in [0.25, 0.3) is 5.56 Å². The molecule has 3 aromatic carbocycles. The minimum Gasteiger partial charge on any atom is -0.303 e. The summed E-state index contributed by atoms with van der Waals surface area (Å²) >= 11 is 1.29. The molecule has 4 aromatic rings. The van der Waals surface area contributed by atoms with Crippen LogP contribution >= 0.6 is 11.8 Å². The van der Waals surface area contributed by atoms with Gasteiger partial charge in [0.15, 0.2) is 9.84 Å². The average Bonchev–Trinajstić information content (AvgIpc) is 2.86. The number of sulfone groups is 1. The number of hydrogen-bond donors (Lipinski definition) is 0. The van der Waals surface area contributed by atoms with E-state index in [0.29, 0.717) is 10.5 Å². The normalized spacial score (nSPS) is 11.8. The Morgan fingerprint density at radius 1 is 0.949 bits per heavy atom. The van der Waals surface area contributed by atoms with Crippen molar-refractivity contribution in [2.75, 3.05) is 6.26 Å². The molecule has 0 amide bonds. The first-order chi connectivity index (χ1) is 18.3. The van der Waals surface area contributed by atoms with Crippen LogP contribution in [-0.2, 0) is 22.6 Å². The Kier molecular flexibility index (Phi) is 7.77. The fourth-order valence-corrected chi connectivity index (χ4v) is 5.78. The molecule has 0 saturated carbocycles. The van der Waals surface area contributed by atoms with Gasteiger partial charge in [-0.15, -0.1) is 0 Å². The molecule has 200 valence electrons. The Hall–Kier alpha value is -3.81. The monoisotopic (exact) mass is 568 g/mol. The molecule has 5 nitrogen and oxygen atoms in total. The molecule has 0 N–H and O–H groups in total. The number of aryl methyl sites for hydroxylation is 2. The predicted octanol–water partition coefficient (Wildman–Crippen LogP) is 6.63. The maximum absolute atomic E-state index is 13.9. The second kappa shape index (κ2) is 10.8. The van der Waals surface area contributed by atoms with E-state index in [-0.39, 0.29) is 17.1 Å². The summed E-state index contributed by atoms with van der Waals surface area (Å²) in [6.07, 6.45) is -3.77. The quantitative estimate of drug-likeness (QED) is 0.261. The van der Waals surface area contributed by atoms with Crippen LogP contribution in [0.15, 0.2) is 92.3 Å². The molecule has 0 aliphatic heterocycles. The van der Waals surface area contributed by atoms with Crippen molar-refractivity contribution in [1.82, 2.24) is 4.57 Å². The molecule has 0 aliphatic rings. The maximum atomic E-state index is 13.9. The highest BCUT2D eigenvalue weighted by atomic mass is 32.2. The van der Waals surface area contributed by atoms with Crippen molar-refractivity contribution in [2.45, 2.75) is 41.3 Å². The summed E-state index contributed by atoms with van der Waals surface area (Å²) in [7, 11) is -3.38. The van der Waals surface area contributed by atoms with Gasteiger partial charge in [0, 0.05) is 16.0 Å². The lowest BCUT2D eigenvalue weighted by atomic mass is 10.0. The Labute approximate surface area is 228 Å². The summed E-state index contributed by atoms with van der Waals surface area (Å²) in [5.74, 6) is 0. The fourth-order valence-electron chi connectivity index (χ4n) is 4.17. The summed E-state index contributed by atoms with van der Waals surface area (Å²) in [4.78, 5) is 14.8. The third-order valence-electron chi connectivity index (χ3n) is 6.16. The van der Waals surface area contributed by atoms with E-state index in [1.54, 1.807) is 42.5 Å². The number of hydrogen-bond acceptors (Lipinski definition) is 5. The summed E-state index contributed by atoms with van der Waals surface area (Å²) in [6, 6.07) is 20.9. The molecule has 0 radical (unpaired) electrons. The number of rotatable bonds is 6. The van der Waals surface area contributed by atoms with Crippen LogP contribution in [0.1, 0.15) is 27.8 Å². The molecule has 1 aromatic heterocycles. The zero-order valence-corrected chi connectivity index (χ0v) is 22.8. The van der Waals surface area contributed by atoms with Crippen molar-refractivity contribution in [3.05, 3.63) is 111 Å². The van der Waals surface area contributed by atoms with Crippen LogP contribution in [-0.4, -0.2) is 19.2 Å². The molecule has 10 heteroatoms. The first-order valence-electron chi connectivity index (χ1n) is 11.7. The van der Waals surface area contributed by atoms with E-state index in [0.717, 1.165) is 33.9 Å². The van der Waals surface area contributed by atoms with Crippen LogP contribution in [0, 0.1) is 25.2 Å². The largest absolute Gasteiger partial charge is 0.417 e. The topological polar surface area (TPSA) is 79.9 Å². The van der Waals surface area contributed by atoms with Crippen LogP contribution in [0.4, 0.5) is 13.2 Å². The SMILES string of the molecule is Cc1ccc(Cn2c(-c3ccc(Sc4cccc(S(C)(=O)=O)c4)cc3)cc(C(F)(F)F)c(C#N)c2=O)c(C)c1. The van der Waals surface area contributed by atoms with E-state index in [1.165, 1.54) is 28.5 Å². The van der Waals surface area contributed by atoms with Crippen molar-refractivity contribution in [2.24, 2.45) is 0 Å². The molecule has 0 unspecified atom stereocenters. The van der Waals surface area contributed by atoms with Crippen LogP contribution in [0.5, 0.6) is 0 Å². The van der Waals surface area contributed by atoms with E-state index in [2.05, 4.69) is 0 Å². The molecule has 0 saturated heterocycles. The number of benzene rings is 3. The molecule has 4 rings (SSSR count). The highest BCUT2D eigenvalue weighted by molar-refractivity contribution is 7.99. The Morgan fingerprint density at radius 3 is 2.23 bits per heavy atom. The number of halogens is 3. The standard InChI is InChI=1S/C29H23F3N2O3S2/c1-18-7-8-21(19(2)13-18)17-34-27(15-26(29(30,31)32)25(16-33)28(34)35)20-9-11-22(12-10-20)38-23-5-4-6-24(14-23)39(3,36)37/h4-15H,17H2,1-3H3. The first kappa shape index (κ1) is 28.2. The zero-order valence-electron chi connectivity index (χ0n) is 21.2. The molecule has 1 heterocycles. The maximum Gasteiger partial charge on any atom is 0.417 e. The van der Waals surface area contributed by atoms with Gasteiger partial charge in [-0.3, -0.25) is 4.79 Å². The van der Waals surface area contributed by atoms with Crippen molar-refractivity contribution in [1.29, 1.82) is 5.26 Å². The van der Waals surface area contributed by atoms with Crippen LogP contribution < -0.4 is 5.56 Å². The van der Waals surface area contributed by atoms with Crippen molar-refractivity contribution in [3.63, 3.8) is 0 Å². The lowest BCUT2D eigenvalue weighted by molar-refractivity contribution is -0.137. The molecule has 39 heavy (non-hydrogen) atoms. The number of pyridine rings is 1. The van der Waals surface area contributed by atoms with Gasteiger partial charge in [0.1, 0.15) is 11.6 Å². The highest BCUT2D eigenvalue weighted by Gasteiger charge is 2.36. The van der Waals surface area contributed by atoms with Crippen molar-refractivity contribution >= 4 is 21.6 Å². The van der Waals surface area contributed by atoms with Gasteiger partial charge < -0.3 is 4.57 Å². The van der Waals surface area contributed by atoms with Gasteiger partial charge in [0.2, 0.25) is 0 Å². The van der Waals surface area contributed by atoms with E-state index in [9.17, 15) is 31.6 Å². The van der Waals surface area contributed by atoms with E-state index in [1.807, 2.05) is 32.0 Å². The molecule has 0 fully saturated rings. The lowest BCUT2D eigenvalue weighted by Crippen LogP contribution is -2.29. The third-order valence-corrected chi connectivity index (χ3v) is 8.27. The molecule has 0 spiro atoms. The van der Waals surface area contributed by atoms with Gasteiger partial charge in [0.05, 0.1) is 22.7 Å². The number of nitriles is 1. The van der Waals surface area contributed by atoms with Gasteiger partial charge in [-0.25, -0.2) is 8.42 Å². The van der Waals surface area contributed by atoms with Crippen molar-refractivity contribution in [3.8, 4) is 17.3 Å². The minimum absolute atomic E-state index is 0.0120. The zero-order chi connectivity index (χ0) is 28.5. The van der Waals surface area contributed by atoms with E-state index >= 15 is 0 Å². The van der Waals surface area contributed by atoms with Gasteiger partial charge in [-0.05, 0) is 66.9 Å². The predicted molar refractivity (Wildman–Crippen MR) is 145 cm³/mol. The lowest BCUT2D eigenvalue weighted by Gasteiger charge is -2.19. The van der Waals surface area contributed by atoms with Crippen LogP contribution in [0.3, 0.4) is 0 Å². The molecule has 0 aliphatic carbocycles. The molecular weight excluding hydrogens is 545 g/mol. The van der Waals surface area contributed by atoms with Gasteiger partial charge >= 0.3 is 6.18 Å². The number of nitrogens with zero attached hydrogens (tertiary/aromatic N) is 2. The molecule has 0 bridgehead atoms. The van der Waals surface area contributed by atoms with Crippen molar-refractivity contribution < 1.29 is 21.6 Å². The summed E-state index contributed by atoms with van der Waals surface area (Å²) in [5.41, 5.74) is -0.239. The highest BCUT2D eigenvalue weighted by Crippen LogP contribution is 2.35. The summed E-state index contributed by atoms with van der Waals surface area (Å²) in [6.45, 7) is 3.76. The second-order valence-corrected chi connectivity index (χ2v) is 12.3. The molecule has 0 atom stereocenters. The minimum atomic E-state index is -4.89. The smallest absolute Gasteiger partial charge is 0.303 e. The first-order valence-corrected chi connectivity index (χ1v) is 14.4. The Balaban J connectivity index is 1.80. The average molecular weight is 569 g/mol. The van der Waals surface area contributed by atoms with Crippen LogP contribution in [0.25, 0.3) is 11.3 Å². The van der Waals surface area contributed by atoms with E-state index < -0.39 is 32.7 Å². The fraction of sp³-hybridized carbons (Fsp3) is 0.172. The van der Waals surface area contributed by atoms with Gasteiger partial charge in [-0.1, -0.05) is 53.7 Å². The number of aromatic nitrogens is 1. The van der Waals surface area contributed by atoms with Gasteiger partial charge in [-0.2, -0.15) is 18.4 Å². The van der Waals surface area contributed by atoms with Crippen LogP contribution in [0.2, 0.25) is 0 Å². The Morgan fingerprint density at radius 2 is 1.64 bits per heavy atom.